The minimum atomic E-state index is 0.0460. The van der Waals surface area contributed by atoms with Gasteiger partial charge in [-0.3, -0.25) is 9.78 Å². The second-order valence-corrected chi connectivity index (χ2v) is 3.75. The fourth-order valence-electron chi connectivity index (χ4n) is 1.56. The number of nitrogens with zero attached hydrogens (tertiary/aromatic N) is 1. The van der Waals surface area contributed by atoms with E-state index >= 15 is 0 Å². The first-order valence-corrected chi connectivity index (χ1v) is 4.72. The van der Waals surface area contributed by atoms with Gasteiger partial charge in [-0.15, -0.1) is 0 Å². The summed E-state index contributed by atoms with van der Waals surface area (Å²) >= 11 is 5.98. The van der Waals surface area contributed by atoms with E-state index < -0.39 is 0 Å². The van der Waals surface area contributed by atoms with Gasteiger partial charge in [-0.05, 0) is 6.07 Å². The molecule has 5 heteroatoms. The van der Waals surface area contributed by atoms with Gasteiger partial charge >= 0.3 is 0 Å². The number of nitrogens with one attached hydrogen (secondary N) is 1. The van der Waals surface area contributed by atoms with Crippen molar-refractivity contribution in [2.45, 2.75) is 12.3 Å². The Morgan fingerprint density at radius 3 is 3.00 bits per heavy atom. The van der Waals surface area contributed by atoms with E-state index in [9.17, 15) is 4.79 Å². The maximum atomic E-state index is 11.0. The summed E-state index contributed by atoms with van der Waals surface area (Å²) in [6.07, 6.45) is 2.01. The SMILES string of the molecule is Nc1cnc([C@H]2CNC(=O)C2)c(Cl)c1. The number of hydrogen-bond donors (Lipinski definition) is 2. The van der Waals surface area contributed by atoms with Gasteiger partial charge in [0.2, 0.25) is 5.91 Å². The van der Waals surface area contributed by atoms with Crippen molar-refractivity contribution in [3.8, 4) is 0 Å². The number of hydrogen-bond acceptors (Lipinski definition) is 3. The Hall–Kier alpha value is -1.29. The fourth-order valence-corrected chi connectivity index (χ4v) is 1.89. The van der Waals surface area contributed by atoms with Gasteiger partial charge in [0.15, 0.2) is 0 Å². The summed E-state index contributed by atoms with van der Waals surface area (Å²) in [5.41, 5.74) is 6.81. The first kappa shape index (κ1) is 9.27. The van der Waals surface area contributed by atoms with Crippen molar-refractivity contribution in [3.05, 3.63) is 23.0 Å². The highest BCUT2D eigenvalue weighted by atomic mass is 35.5. The minimum absolute atomic E-state index is 0.0460. The molecule has 2 heterocycles. The van der Waals surface area contributed by atoms with E-state index in [1.165, 1.54) is 0 Å². The van der Waals surface area contributed by atoms with Crippen LogP contribution in [0, 0.1) is 0 Å². The van der Waals surface area contributed by atoms with E-state index in [-0.39, 0.29) is 11.8 Å². The number of nitrogen functional groups attached to an aromatic ring is 1. The molecular weight excluding hydrogens is 202 g/mol. The minimum Gasteiger partial charge on any atom is -0.397 e. The molecule has 0 saturated carbocycles. The molecule has 1 aliphatic rings. The van der Waals surface area contributed by atoms with Crippen LogP contribution in [0.25, 0.3) is 0 Å². The summed E-state index contributed by atoms with van der Waals surface area (Å²) < 4.78 is 0. The van der Waals surface area contributed by atoms with E-state index in [0.29, 0.717) is 23.7 Å². The number of anilines is 1. The van der Waals surface area contributed by atoms with Crippen LogP contribution in [-0.2, 0) is 4.79 Å². The average Bonchev–Trinajstić information content (AvgIpc) is 2.51. The maximum absolute atomic E-state index is 11.0. The zero-order valence-corrected chi connectivity index (χ0v) is 8.21. The molecule has 0 spiro atoms. The molecule has 1 fully saturated rings. The van der Waals surface area contributed by atoms with Gasteiger partial charge in [-0.25, -0.2) is 0 Å². The molecule has 1 aliphatic heterocycles. The summed E-state index contributed by atoms with van der Waals surface area (Å²) in [5.74, 6) is 0.125. The zero-order valence-electron chi connectivity index (χ0n) is 7.46. The van der Waals surface area contributed by atoms with Crippen molar-refractivity contribution in [3.63, 3.8) is 0 Å². The highest BCUT2D eigenvalue weighted by Crippen LogP contribution is 2.28. The third-order valence-corrected chi connectivity index (χ3v) is 2.56. The molecule has 1 saturated heterocycles. The summed E-state index contributed by atoms with van der Waals surface area (Å²) in [4.78, 5) is 15.1. The molecule has 0 aliphatic carbocycles. The van der Waals surface area contributed by atoms with Crippen LogP contribution in [0.2, 0.25) is 5.02 Å². The molecule has 1 aromatic heterocycles. The maximum Gasteiger partial charge on any atom is 0.220 e. The Labute approximate surface area is 86.5 Å². The van der Waals surface area contributed by atoms with E-state index in [4.69, 9.17) is 17.3 Å². The Kier molecular flexibility index (Phi) is 2.29. The predicted molar refractivity (Wildman–Crippen MR) is 54.0 cm³/mol. The average molecular weight is 212 g/mol. The van der Waals surface area contributed by atoms with Gasteiger partial charge < -0.3 is 11.1 Å². The highest BCUT2D eigenvalue weighted by molar-refractivity contribution is 6.31. The molecular formula is C9H10ClN3O. The van der Waals surface area contributed by atoms with Crippen molar-refractivity contribution in [1.82, 2.24) is 10.3 Å². The zero-order chi connectivity index (χ0) is 10.1. The molecule has 4 nitrogen and oxygen atoms in total. The van der Waals surface area contributed by atoms with Crippen LogP contribution in [0.3, 0.4) is 0 Å². The van der Waals surface area contributed by atoms with Gasteiger partial charge in [0.25, 0.3) is 0 Å². The van der Waals surface area contributed by atoms with Gasteiger partial charge in [-0.1, -0.05) is 11.6 Å². The Bertz CT molecular complexity index is 380. The number of carbonyl (C=O) groups excluding carboxylic acids is 1. The first-order chi connectivity index (χ1) is 6.66. The second-order valence-electron chi connectivity index (χ2n) is 3.34. The van der Waals surface area contributed by atoms with Crippen LogP contribution in [0.15, 0.2) is 12.3 Å². The second kappa shape index (κ2) is 3.46. The van der Waals surface area contributed by atoms with Crippen molar-refractivity contribution < 1.29 is 4.79 Å². The number of carbonyl (C=O) groups is 1. The largest absolute Gasteiger partial charge is 0.397 e. The van der Waals surface area contributed by atoms with E-state index in [1.807, 2.05) is 0 Å². The van der Waals surface area contributed by atoms with Crippen LogP contribution in [0.5, 0.6) is 0 Å². The van der Waals surface area contributed by atoms with E-state index in [2.05, 4.69) is 10.3 Å². The van der Waals surface area contributed by atoms with Crippen LogP contribution in [0.1, 0.15) is 18.0 Å². The summed E-state index contributed by atoms with van der Waals surface area (Å²) in [6, 6.07) is 1.66. The number of nitrogens with two attached hydrogens (primary N) is 1. The van der Waals surface area contributed by atoms with Crippen molar-refractivity contribution >= 4 is 23.2 Å². The van der Waals surface area contributed by atoms with Gasteiger partial charge in [0.05, 0.1) is 22.6 Å². The molecule has 14 heavy (non-hydrogen) atoms. The number of pyridine rings is 1. The van der Waals surface area contributed by atoms with E-state index in [0.717, 1.165) is 5.69 Å². The van der Waals surface area contributed by atoms with E-state index in [1.54, 1.807) is 12.3 Å². The van der Waals surface area contributed by atoms with Crippen molar-refractivity contribution in [2.24, 2.45) is 0 Å². The van der Waals surface area contributed by atoms with Gasteiger partial charge in [0, 0.05) is 18.9 Å². The lowest BCUT2D eigenvalue weighted by Gasteiger charge is -2.08. The molecule has 1 atom stereocenters. The number of aromatic nitrogens is 1. The standard InChI is InChI=1S/C9H10ClN3O/c10-7-2-6(11)4-13-9(7)5-1-8(14)12-3-5/h2,4-5H,1,3,11H2,(H,12,14)/t5-/m1/s1. The summed E-state index contributed by atoms with van der Waals surface area (Å²) in [7, 11) is 0. The van der Waals surface area contributed by atoms with Crippen LogP contribution in [-0.4, -0.2) is 17.4 Å². The summed E-state index contributed by atoms with van der Waals surface area (Å²) in [6.45, 7) is 0.607. The first-order valence-electron chi connectivity index (χ1n) is 4.34. The predicted octanol–water partition coefficient (Wildman–Crippen LogP) is 0.921. The molecule has 0 bridgehead atoms. The number of rotatable bonds is 1. The molecule has 2 rings (SSSR count). The molecule has 1 amide bonds. The molecule has 3 N–H and O–H groups in total. The number of halogens is 1. The van der Waals surface area contributed by atoms with Crippen LogP contribution in [0.4, 0.5) is 5.69 Å². The summed E-state index contributed by atoms with van der Waals surface area (Å²) in [5, 5.41) is 3.27. The van der Waals surface area contributed by atoms with Crippen LogP contribution >= 0.6 is 11.6 Å². The third-order valence-electron chi connectivity index (χ3n) is 2.25. The quantitative estimate of drug-likeness (QED) is 0.726. The topological polar surface area (TPSA) is 68.0 Å². The third kappa shape index (κ3) is 1.65. The lowest BCUT2D eigenvalue weighted by molar-refractivity contribution is -0.119. The Morgan fingerprint density at radius 2 is 2.43 bits per heavy atom. The molecule has 0 aromatic carbocycles. The van der Waals surface area contributed by atoms with Crippen molar-refractivity contribution in [2.75, 3.05) is 12.3 Å². The highest BCUT2D eigenvalue weighted by Gasteiger charge is 2.25. The van der Waals surface area contributed by atoms with Crippen molar-refractivity contribution in [1.29, 1.82) is 0 Å². The molecule has 74 valence electrons. The molecule has 1 aromatic rings. The van der Waals surface area contributed by atoms with Gasteiger partial charge in [0.1, 0.15) is 0 Å². The smallest absolute Gasteiger partial charge is 0.220 e. The van der Waals surface area contributed by atoms with Crippen LogP contribution < -0.4 is 11.1 Å². The fraction of sp³-hybridized carbons (Fsp3) is 0.333. The number of amides is 1. The monoisotopic (exact) mass is 211 g/mol. The molecule has 0 radical (unpaired) electrons. The molecule has 0 unspecified atom stereocenters. The lowest BCUT2D eigenvalue weighted by atomic mass is 10.0. The lowest BCUT2D eigenvalue weighted by Crippen LogP contribution is -2.13. The normalized spacial score (nSPS) is 20.9. The Morgan fingerprint density at radius 1 is 1.64 bits per heavy atom. The Balaban J connectivity index is 2.28. The van der Waals surface area contributed by atoms with Gasteiger partial charge in [-0.2, -0.15) is 0 Å².